The van der Waals surface area contributed by atoms with Crippen LogP contribution in [0.3, 0.4) is 0 Å². The van der Waals surface area contributed by atoms with Gasteiger partial charge in [0, 0.05) is 29.9 Å². The van der Waals surface area contributed by atoms with Crippen molar-refractivity contribution in [2.75, 3.05) is 32.1 Å². The second-order valence-corrected chi connectivity index (χ2v) is 12.9. The van der Waals surface area contributed by atoms with Gasteiger partial charge in [0.2, 0.25) is 0 Å². The average Bonchev–Trinajstić information content (AvgIpc) is 3.63. The van der Waals surface area contributed by atoms with Gasteiger partial charge in [-0.05, 0) is 84.9 Å². The van der Waals surface area contributed by atoms with Gasteiger partial charge >= 0.3 is 0 Å². The van der Waals surface area contributed by atoms with Gasteiger partial charge in [-0.1, -0.05) is 39.0 Å². The highest BCUT2D eigenvalue weighted by Crippen LogP contribution is 2.45. The zero-order valence-electron chi connectivity index (χ0n) is 24.4. The summed E-state index contributed by atoms with van der Waals surface area (Å²) in [5, 5.41) is 3.79. The number of amides is 2. The Labute approximate surface area is 246 Å². The summed E-state index contributed by atoms with van der Waals surface area (Å²) in [7, 11) is 1.58. The lowest BCUT2D eigenvalue weighted by molar-refractivity contribution is -0.132. The molecule has 1 N–H and O–H groups in total. The van der Waals surface area contributed by atoms with Gasteiger partial charge in [-0.2, -0.15) is 0 Å². The van der Waals surface area contributed by atoms with Crippen LogP contribution in [-0.4, -0.2) is 49.7 Å². The molecular formula is C33H39N3O4S. The molecule has 2 amide bonds. The van der Waals surface area contributed by atoms with E-state index in [1.54, 1.807) is 30.7 Å². The molecule has 0 saturated carbocycles. The number of para-hydroxylation sites is 1. The van der Waals surface area contributed by atoms with Gasteiger partial charge in [-0.15, -0.1) is 11.3 Å². The number of carbonyl (C=O) groups excluding carboxylic acids is 2. The van der Waals surface area contributed by atoms with Crippen LogP contribution in [0.25, 0.3) is 0 Å². The predicted octanol–water partition coefficient (Wildman–Crippen LogP) is 6.91. The molecular weight excluding hydrogens is 534 g/mol. The van der Waals surface area contributed by atoms with Crippen molar-refractivity contribution in [1.29, 1.82) is 0 Å². The predicted molar refractivity (Wildman–Crippen MR) is 165 cm³/mol. The number of fused-ring (bicyclic) bond motifs is 1. The molecule has 0 radical (unpaired) electrons. The largest absolute Gasteiger partial charge is 0.493 e. The summed E-state index contributed by atoms with van der Waals surface area (Å²) < 4.78 is 11.4. The molecule has 1 atom stereocenters. The van der Waals surface area contributed by atoms with Crippen LogP contribution in [0.1, 0.15) is 66.4 Å². The lowest BCUT2D eigenvalue weighted by Crippen LogP contribution is -2.32. The minimum atomic E-state index is -0.126. The Balaban J connectivity index is 1.38. The van der Waals surface area contributed by atoms with Crippen LogP contribution in [0.4, 0.5) is 10.7 Å². The molecule has 2 heterocycles. The van der Waals surface area contributed by atoms with Crippen LogP contribution in [0.15, 0.2) is 53.5 Å². The first-order valence-corrected chi connectivity index (χ1v) is 15.2. The van der Waals surface area contributed by atoms with E-state index in [2.05, 4.69) is 26.1 Å². The highest BCUT2D eigenvalue weighted by atomic mass is 32.1. The van der Waals surface area contributed by atoms with Gasteiger partial charge in [0.25, 0.3) is 11.8 Å². The Bertz CT molecular complexity index is 1420. The van der Waals surface area contributed by atoms with Crippen LogP contribution >= 0.6 is 11.3 Å². The molecule has 0 bridgehead atoms. The Morgan fingerprint density at radius 3 is 2.56 bits per heavy atom. The number of hydrogen-bond acceptors (Lipinski definition) is 6. The first-order valence-electron chi connectivity index (χ1n) is 14.4. The molecule has 41 heavy (non-hydrogen) atoms. The smallest absolute Gasteiger partial charge is 0.260 e. The van der Waals surface area contributed by atoms with Crippen molar-refractivity contribution in [3.63, 3.8) is 0 Å². The Morgan fingerprint density at radius 1 is 1.10 bits per heavy atom. The van der Waals surface area contributed by atoms with E-state index >= 15 is 0 Å². The first-order chi connectivity index (χ1) is 19.7. The van der Waals surface area contributed by atoms with E-state index in [-0.39, 0.29) is 23.8 Å². The van der Waals surface area contributed by atoms with E-state index in [4.69, 9.17) is 14.5 Å². The van der Waals surface area contributed by atoms with Crippen molar-refractivity contribution in [3.05, 3.63) is 70.1 Å². The van der Waals surface area contributed by atoms with Crippen LogP contribution in [-0.2, 0) is 17.6 Å². The van der Waals surface area contributed by atoms with Crippen LogP contribution < -0.4 is 14.8 Å². The fourth-order valence-electron chi connectivity index (χ4n) is 5.57. The summed E-state index contributed by atoms with van der Waals surface area (Å²) >= 11 is 1.62. The molecule has 0 spiro atoms. The van der Waals surface area contributed by atoms with Gasteiger partial charge in [-0.3, -0.25) is 9.59 Å². The topological polar surface area (TPSA) is 80.2 Å². The summed E-state index contributed by atoms with van der Waals surface area (Å²) in [5.41, 5.74) is 3.58. The van der Waals surface area contributed by atoms with E-state index in [1.807, 2.05) is 47.4 Å². The van der Waals surface area contributed by atoms with E-state index in [0.29, 0.717) is 28.0 Å². The Morgan fingerprint density at radius 2 is 1.85 bits per heavy atom. The maximum atomic E-state index is 13.6. The molecule has 8 heteroatoms. The first kappa shape index (κ1) is 28.9. The third-order valence-corrected chi connectivity index (χ3v) is 9.22. The number of nitrogens with one attached hydrogen (secondary N) is 1. The van der Waals surface area contributed by atoms with E-state index < -0.39 is 0 Å². The van der Waals surface area contributed by atoms with Crippen molar-refractivity contribution >= 4 is 40.1 Å². The SMILES string of the molecule is COc1cc(C=Nc2sc3c(c2C(=O)Nc2ccccc2)CC[C@@H](C(C)(C)C)C3)ccc1OCC(=O)N1CCCC1. The molecule has 1 fully saturated rings. The number of aliphatic imine (C=N–C) groups is 1. The summed E-state index contributed by atoms with van der Waals surface area (Å²) in [5.74, 6) is 1.47. The van der Waals surface area contributed by atoms with Gasteiger partial charge in [0.1, 0.15) is 5.00 Å². The van der Waals surface area contributed by atoms with Gasteiger partial charge in [-0.25, -0.2) is 4.99 Å². The number of likely N-dealkylation sites (tertiary alicyclic amines) is 1. The zero-order valence-corrected chi connectivity index (χ0v) is 25.2. The quantitative estimate of drug-likeness (QED) is 0.297. The number of rotatable bonds is 8. The lowest BCUT2D eigenvalue weighted by atomic mass is 9.72. The molecule has 1 aromatic heterocycles. The fraction of sp³-hybridized carbons (Fsp3) is 0.424. The summed E-state index contributed by atoms with van der Waals surface area (Å²) in [4.78, 5) is 33.9. The third kappa shape index (κ3) is 6.81. The molecule has 1 aliphatic heterocycles. The standard InChI is InChI=1S/C33H39N3O4S/c1-33(2,3)23-13-14-25-28(19-23)41-32(30(25)31(38)35-24-10-6-5-7-11-24)34-20-22-12-15-26(27(18-22)39-4)40-21-29(37)36-16-8-9-17-36/h5-7,10-12,15,18,20,23H,8-9,13-14,16-17,19,21H2,1-4H3,(H,35,38)/t23-/m1/s1. The normalized spacial score (nSPS) is 17.0. The number of benzene rings is 2. The second-order valence-electron chi connectivity index (χ2n) is 11.9. The van der Waals surface area contributed by atoms with E-state index in [0.717, 1.165) is 62.0 Å². The van der Waals surface area contributed by atoms with Crippen LogP contribution in [0.5, 0.6) is 11.5 Å². The summed E-state index contributed by atoms with van der Waals surface area (Å²) in [6.45, 7) is 8.45. The molecule has 1 aliphatic carbocycles. The summed E-state index contributed by atoms with van der Waals surface area (Å²) in [6, 6.07) is 15.1. The number of methoxy groups -OCH3 is 1. The molecule has 2 aromatic carbocycles. The second kappa shape index (κ2) is 12.5. The molecule has 3 aromatic rings. The minimum Gasteiger partial charge on any atom is -0.493 e. The van der Waals surface area contributed by atoms with E-state index in [9.17, 15) is 9.59 Å². The van der Waals surface area contributed by atoms with Crippen molar-refractivity contribution in [3.8, 4) is 11.5 Å². The fourth-order valence-corrected chi connectivity index (χ4v) is 6.83. The lowest BCUT2D eigenvalue weighted by Gasteiger charge is -2.33. The third-order valence-electron chi connectivity index (χ3n) is 8.06. The van der Waals surface area contributed by atoms with Crippen molar-refractivity contribution in [2.45, 2.75) is 52.9 Å². The maximum absolute atomic E-state index is 13.6. The minimum absolute atomic E-state index is 0.00753. The molecule has 5 rings (SSSR count). The number of anilines is 1. The van der Waals surface area contributed by atoms with E-state index in [1.165, 1.54) is 4.88 Å². The monoisotopic (exact) mass is 573 g/mol. The van der Waals surface area contributed by atoms with Crippen LogP contribution in [0.2, 0.25) is 0 Å². The Kier molecular flexibility index (Phi) is 8.78. The number of nitrogens with zero attached hydrogens (tertiary/aromatic N) is 2. The molecule has 216 valence electrons. The van der Waals surface area contributed by atoms with Crippen molar-refractivity contribution < 1.29 is 19.1 Å². The van der Waals surface area contributed by atoms with Crippen LogP contribution in [0, 0.1) is 11.3 Å². The average molecular weight is 574 g/mol. The zero-order chi connectivity index (χ0) is 29.0. The number of carbonyl (C=O) groups is 2. The maximum Gasteiger partial charge on any atom is 0.260 e. The number of hydrogen-bond donors (Lipinski definition) is 1. The molecule has 1 saturated heterocycles. The highest BCUT2D eigenvalue weighted by Gasteiger charge is 2.33. The van der Waals surface area contributed by atoms with Crippen molar-refractivity contribution in [1.82, 2.24) is 4.90 Å². The molecule has 0 unspecified atom stereocenters. The number of thiophene rings is 1. The van der Waals surface area contributed by atoms with Gasteiger partial charge < -0.3 is 19.7 Å². The molecule has 7 nitrogen and oxygen atoms in total. The highest BCUT2D eigenvalue weighted by molar-refractivity contribution is 7.16. The van der Waals surface area contributed by atoms with Gasteiger partial charge in [0.05, 0.1) is 12.7 Å². The van der Waals surface area contributed by atoms with Gasteiger partial charge in [0.15, 0.2) is 18.1 Å². The Hall–Kier alpha value is -3.65. The summed E-state index contributed by atoms with van der Waals surface area (Å²) in [6.07, 6.45) is 6.74. The number of ether oxygens (including phenoxy) is 2. The molecule has 2 aliphatic rings. The van der Waals surface area contributed by atoms with Crippen molar-refractivity contribution in [2.24, 2.45) is 16.3 Å².